The van der Waals surface area contributed by atoms with Crippen LogP contribution in [-0.4, -0.2) is 24.4 Å². The van der Waals surface area contributed by atoms with Gasteiger partial charge in [0, 0.05) is 19.2 Å². The van der Waals surface area contributed by atoms with E-state index in [9.17, 15) is 4.79 Å². The lowest BCUT2D eigenvalue weighted by molar-refractivity contribution is 0.0793. The lowest BCUT2D eigenvalue weighted by Gasteiger charge is -2.17. The van der Waals surface area contributed by atoms with Gasteiger partial charge in [0.15, 0.2) is 0 Å². The molecule has 2 rings (SSSR count). The Morgan fingerprint density at radius 3 is 2.57 bits per heavy atom. The number of anilines is 1. The molecule has 3 nitrogen and oxygen atoms in total. The highest BCUT2D eigenvalue weighted by molar-refractivity contribution is 6.33. The maximum atomic E-state index is 12.3. The third-order valence-electron chi connectivity index (χ3n) is 3.40. The van der Waals surface area contributed by atoms with Crippen LogP contribution >= 0.6 is 11.6 Å². The van der Waals surface area contributed by atoms with E-state index in [0.717, 1.165) is 12.8 Å². The second-order valence-corrected chi connectivity index (χ2v) is 5.46. The molecule has 0 unspecified atom stereocenters. The fourth-order valence-corrected chi connectivity index (χ4v) is 2.33. The number of hydrogen-bond donors (Lipinski definition) is 1. The van der Waals surface area contributed by atoms with Gasteiger partial charge < -0.3 is 10.6 Å². The number of carbonyl (C=O) groups excluding carboxylic acids is 1. The molecule has 110 valence electrons. The highest BCUT2D eigenvalue weighted by Crippen LogP contribution is 2.20. The Bertz CT molecular complexity index is 613. The fourth-order valence-electron chi connectivity index (χ4n) is 2.15. The minimum Gasteiger partial charge on any atom is -0.398 e. The molecule has 0 radical (unpaired) electrons. The molecule has 0 aliphatic heterocycles. The first-order valence-corrected chi connectivity index (χ1v) is 7.30. The van der Waals surface area contributed by atoms with E-state index in [1.165, 1.54) is 5.56 Å². The average Bonchev–Trinajstić information content (AvgIpc) is 2.50. The van der Waals surface area contributed by atoms with Crippen LogP contribution in [0.15, 0.2) is 48.5 Å². The molecule has 0 spiro atoms. The van der Waals surface area contributed by atoms with Crippen LogP contribution in [0.5, 0.6) is 0 Å². The number of nitrogen functional groups attached to an aromatic ring is 1. The van der Waals surface area contributed by atoms with E-state index in [1.807, 2.05) is 18.2 Å². The van der Waals surface area contributed by atoms with E-state index < -0.39 is 0 Å². The van der Waals surface area contributed by atoms with Crippen LogP contribution in [0, 0.1) is 0 Å². The van der Waals surface area contributed by atoms with Crippen molar-refractivity contribution in [3.05, 3.63) is 64.7 Å². The third kappa shape index (κ3) is 4.23. The Hall–Kier alpha value is -2.00. The quantitative estimate of drug-likeness (QED) is 0.857. The van der Waals surface area contributed by atoms with Crippen molar-refractivity contribution in [2.24, 2.45) is 0 Å². The maximum Gasteiger partial charge on any atom is 0.253 e. The highest BCUT2D eigenvalue weighted by atomic mass is 35.5. The van der Waals surface area contributed by atoms with Gasteiger partial charge >= 0.3 is 0 Å². The normalized spacial score (nSPS) is 10.4. The molecule has 4 heteroatoms. The fraction of sp³-hybridized carbons (Fsp3) is 0.235. The first-order valence-electron chi connectivity index (χ1n) is 6.92. The number of aryl methyl sites for hydroxylation is 1. The Morgan fingerprint density at radius 1 is 1.19 bits per heavy atom. The van der Waals surface area contributed by atoms with Crippen molar-refractivity contribution in [2.75, 3.05) is 19.3 Å². The first-order chi connectivity index (χ1) is 10.1. The zero-order chi connectivity index (χ0) is 15.2. The van der Waals surface area contributed by atoms with Gasteiger partial charge in [0.05, 0.1) is 10.7 Å². The summed E-state index contributed by atoms with van der Waals surface area (Å²) in [5.74, 6) is -0.0371. The average molecular weight is 303 g/mol. The standard InChI is InChI=1S/C17H19ClN2O/c1-20(11-5-8-13-6-3-2-4-7-13)17(21)14-9-10-16(19)15(18)12-14/h2-4,6-7,9-10,12H,5,8,11,19H2,1H3. The Morgan fingerprint density at radius 2 is 1.90 bits per heavy atom. The van der Waals surface area contributed by atoms with Gasteiger partial charge in [0.2, 0.25) is 0 Å². The Balaban J connectivity index is 1.89. The van der Waals surface area contributed by atoms with Gasteiger partial charge in [-0.1, -0.05) is 41.9 Å². The SMILES string of the molecule is CN(CCCc1ccccc1)C(=O)c1ccc(N)c(Cl)c1. The van der Waals surface area contributed by atoms with Crippen LogP contribution in [0.25, 0.3) is 0 Å². The lowest BCUT2D eigenvalue weighted by atomic mass is 10.1. The van der Waals surface area contributed by atoms with Crippen LogP contribution in [-0.2, 0) is 6.42 Å². The molecule has 0 saturated heterocycles. The van der Waals surface area contributed by atoms with Crippen molar-refractivity contribution >= 4 is 23.2 Å². The van der Waals surface area contributed by atoms with Crippen LogP contribution in [0.1, 0.15) is 22.3 Å². The lowest BCUT2D eigenvalue weighted by Crippen LogP contribution is -2.28. The monoisotopic (exact) mass is 302 g/mol. The van der Waals surface area contributed by atoms with Gasteiger partial charge in [0.25, 0.3) is 5.91 Å². The Labute approximate surface area is 130 Å². The van der Waals surface area contributed by atoms with Crippen LogP contribution < -0.4 is 5.73 Å². The van der Waals surface area contributed by atoms with Gasteiger partial charge in [-0.15, -0.1) is 0 Å². The van der Waals surface area contributed by atoms with Crippen LogP contribution in [0.4, 0.5) is 5.69 Å². The smallest absolute Gasteiger partial charge is 0.253 e. The van der Waals surface area contributed by atoms with E-state index in [1.54, 1.807) is 30.1 Å². The molecule has 2 aromatic carbocycles. The summed E-state index contributed by atoms with van der Waals surface area (Å²) in [5, 5.41) is 0.415. The second-order valence-electron chi connectivity index (χ2n) is 5.05. The minimum absolute atomic E-state index is 0.0371. The molecule has 0 aliphatic carbocycles. The molecule has 0 aromatic heterocycles. The second kappa shape index (κ2) is 7.14. The van der Waals surface area contributed by atoms with Gasteiger partial charge in [-0.25, -0.2) is 0 Å². The maximum absolute atomic E-state index is 12.3. The summed E-state index contributed by atoms with van der Waals surface area (Å²) in [6.07, 6.45) is 1.88. The summed E-state index contributed by atoms with van der Waals surface area (Å²) >= 11 is 5.95. The Kier molecular flexibility index (Phi) is 5.23. The molecular weight excluding hydrogens is 284 g/mol. The van der Waals surface area contributed by atoms with Gasteiger partial charge in [-0.3, -0.25) is 4.79 Å². The van der Waals surface area contributed by atoms with Gasteiger partial charge in [-0.2, -0.15) is 0 Å². The van der Waals surface area contributed by atoms with Gasteiger partial charge in [-0.05, 0) is 36.6 Å². The number of rotatable bonds is 5. The molecule has 0 bridgehead atoms. The molecule has 2 aromatic rings. The predicted octanol–water partition coefficient (Wildman–Crippen LogP) is 3.63. The van der Waals surface area contributed by atoms with Crippen molar-refractivity contribution in [3.8, 4) is 0 Å². The molecule has 0 heterocycles. The number of amides is 1. The van der Waals surface area contributed by atoms with Crippen molar-refractivity contribution in [3.63, 3.8) is 0 Å². The zero-order valence-corrected chi connectivity index (χ0v) is 12.8. The van der Waals surface area contributed by atoms with E-state index in [0.29, 0.717) is 22.8 Å². The summed E-state index contributed by atoms with van der Waals surface area (Å²) in [5.41, 5.74) is 7.99. The summed E-state index contributed by atoms with van der Waals surface area (Å²) < 4.78 is 0. The summed E-state index contributed by atoms with van der Waals surface area (Å²) in [4.78, 5) is 14.0. The van der Waals surface area contributed by atoms with E-state index in [4.69, 9.17) is 17.3 Å². The van der Waals surface area contributed by atoms with E-state index in [2.05, 4.69) is 12.1 Å². The highest BCUT2D eigenvalue weighted by Gasteiger charge is 2.12. The molecule has 0 saturated carbocycles. The van der Waals surface area contributed by atoms with E-state index >= 15 is 0 Å². The number of nitrogens with zero attached hydrogens (tertiary/aromatic N) is 1. The molecule has 0 atom stereocenters. The molecule has 21 heavy (non-hydrogen) atoms. The molecule has 0 fully saturated rings. The van der Waals surface area contributed by atoms with Crippen molar-refractivity contribution in [1.82, 2.24) is 4.90 Å². The summed E-state index contributed by atoms with van der Waals surface area (Å²) in [6.45, 7) is 0.704. The summed E-state index contributed by atoms with van der Waals surface area (Å²) in [7, 11) is 1.80. The van der Waals surface area contributed by atoms with Crippen molar-refractivity contribution in [2.45, 2.75) is 12.8 Å². The third-order valence-corrected chi connectivity index (χ3v) is 3.72. The van der Waals surface area contributed by atoms with Crippen LogP contribution in [0.3, 0.4) is 0 Å². The minimum atomic E-state index is -0.0371. The molecule has 1 amide bonds. The van der Waals surface area contributed by atoms with E-state index in [-0.39, 0.29) is 5.91 Å². The number of benzene rings is 2. The zero-order valence-electron chi connectivity index (χ0n) is 12.1. The van der Waals surface area contributed by atoms with Crippen molar-refractivity contribution < 1.29 is 4.79 Å². The number of nitrogens with two attached hydrogens (primary N) is 1. The number of hydrogen-bond acceptors (Lipinski definition) is 2. The molecule has 2 N–H and O–H groups in total. The molecular formula is C17H19ClN2O. The number of halogens is 1. The van der Waals surface area contributed by atoms with Crippen molar-refractivity contribution in [1.29, 1.82) is 0 Å². The summed E-state index contributed by atoms with van der Waals surface area (Å²) in [6, 6.07) is 15.2. The molecule has 0 aliphatic rings. The largest absolute Gasteiger partial charge is 0.398 e. The number of carbonyl (C=O) groups is 1. The van der Waals surface area contributed by atoms with Gasteiger partial charge in [0.1, 0.15) is 0 Å². The topological polar surface area (TPSA) is 46.3 Å². The predicted molar refractivity (Wildman–Crippen MR) is 87.6 cm³/mol. The first kappa shape index (κ1) is 15.4. The van der Waals surface area contributed by atoms with Crippen LogP contribution in [0.2, 0.25) is 5.02 Å².